The zero-order valence-electron chi connectivity index (χ0n) is 12.3. The molecule has 0 radical (unpaired) electrons. The Bertz CT molecular complexity index is 721. The van der Waals surface area contributed by atoms with E-state index in [1.165, 1.54) is 15.6 Å². The quantitative estimate of drug-likeness (QED) is 0.758. The fourth-order valence-corrected chi connectivity index (χ4v) is 5.73. The highest BCUT2D eigenvalue weighted by Gasteiger charge is 2.29. The number of aryl methyl sites for hydroxylation is 2. The van der Waals surface area contributed by atoms with Crippen LogP contribution in [0, 0.1) is 13.8 Å². The van der Waals surface area contributed by atoms with Crippen LogP contribution in [-0.2, 0) is 15.9 Å². The Kier molecular flexibility index (Phi) is 4.96. The number of nitrogens with zero attached hydrogens (tertiary/aromatic N) is 1. The summed E-state index contributed by atoms with van der Waals surface area (Å²) in [6.45, 7) is 5.99. The lowest BCUT2D eigenvalue weighted by molar-refractivity contribution is 0.591. The second-order valence-corrected chi connectivity index (χ2v) is 7.84. The van der Waals surface area contributed by atoms with E-state index in [0.717, 1.165) is 11.1 Å². The van der Waals surface area contributed by atoms with Crippen LogP contribution < -0.4 is 4.31 Å². The predicted molar refractivity (Wildman–Crippen MR) is 90.0 cm³/mol. The van der Waals surface area contributed by atoms with Gasteiger partial charge in [-0.15, -0.1) is 22.9 Å². The third kappa shape index (κ3) is 3.10. The van der Waals surface area contributed by atoms with Gasteiger partial charge in [0.2, 0.25) is 0 Å². The minimum atomic E-state index is -3.59. The molecule has 1 aromatic heterocycles. The first-order valence-corrected chi connectivity index (χ1v) is 9.49. The van der Waals surface area contributed by atoms with Gasteiger partial charge in [0.1, 0.15) is 4.90 Å². The molecule has 0 aliphatic rings. The molecule has 21 heavy (non-hydrogen) atoms. The standard InChI is InChI=1S/C15H18ClNO2S2/c1-4-17(13-7-5-11(2)6-8-13)21(18,19)15-12(3)10-20-14(15)9-16/h5-8,10H,4,9H2,1-3H3. The van der Waals surface area contributed by atoms with Crippen molar-refractivity contribution >= 4 is 38.6 Å². The number of sulfonamides is 1. The molecule has 114 valence electrons. The van der Waals surface area contributed by atoms with E-state index < -0.39 is 10.0 Å². The van der Waals surface area contributed by atoms with E-state index in [4.69, 9.17) is 11.6 Å². The number of anilines is 1. The van der Waals surface area contributed by atoms with Crippen LogP contribution >= 0.6 is 22.9 Å². The molecule has 0 atom stereocenters. The number of thiophene rings is 1. The molecule has 6 heteroatoms. The molecule has 0 aliphatic heterocycles. The minimum absolute atomic E-state index is 0.207. The smallest absolute Gasteiger partial charge is 0.265 e. The molecule has 2 rings (SSSR count). The highest BCUT2D eigenvalue weighted by atomic mass is 35.5. The topological polar surface area (TPSA) is 37.4 Å². The van der Waals surface area contributed by atoms with E-state index in [9.17, 15) is 8.42 Å². The first-order valence-electron chi connectivity index (χ1n) is 6.64. The Labute approximate surface area is 135 Å². The van der Waals surface area contributed by atoms with Gasteiger partial charge in [0.05, 0.1) is 11.6 Å². The van der Waals surface area contributed by atoms with Gasteiger partial charge in [-0.1, -0.05) is 17.7 Å². The number of hydrogen-bond donors (Lipinski definition) is 0. The van der Waals surface area contributed by atoms with Crippen molar-refractivity contribution in [3.05, 3.63) is 45.6 Å². The molecule has 0 amide bonds. The molecule has 2 aromatic rings. The first kappa shape index (κ1) is 16.3. The van der Waals surface area contributed by atoms with E-state index in [2.05, 4.69) is 0 Å². The summed E-state index contributed by atoms with van der Waals surface area (Å²) >= 11 is 7.28. The summed E-state index contributed by atoms with van der Waals surface area (Å²) in [5, 5.41) is 1.84. The number of hydrogen-bond acceptors (Lipinski definition) is 3. The molecule has 1 heterocycles. The maximum Gasteiger partial charge on any atom is 0.265 e. The Morgan fingerprint density at radius 1 is 1.19 bits per heavy atom. The van der Waals surface area contributed by atoms with Crippen LogP contribution in [0.5, 0.6) is 0 Å². The van der Waals surface area contributed by atoms with E-state index in [1.54, 1.807) is 0 Å². The van der Waals surface area contributed by atoms with E-state index in [0.29, 0.717) is 22.0 Å². The molecule has 3 nitrogen and oxygen atoms in total. The lowest BCUT2D eigenvalue weighted by Gasteiger charge is -2.23. The van der Waals surface area contributed by atoms with Gasteiger partial charge in [0.25, 0.3) is 10.0 Å². The summed E-state index contributed by atoms with van der Waals surface area (Å²) in [5.74, 6) is 0.207. The Morgan fingerprint density at radius 2 is 1.81 bits per heavy atom. The fraction of sp³-hybridized carbons (Fsp3) is 0.333. The molecule has 0 saturated heterocycles. The molecule has 0 N–H and O–H groups in total. The number of rotatable bonds is 5. The van der Waals surface area contributed by atoms with Gasteiger partial charge in [-0.25, -0.2) is 8.42 Å². The summed E-state index contributed by atoms with van der Waals surface area (Å²) < 4.78 is 27.4. The molecule has 0 aliphatic carbocycles. The van der Waals surface area contributed by atoms with Gasteiger partial charge in [-0.2, -0.15) is 0 Å². The third-order valence-electron chi connectivity index (χ3n) is 3.27. The largest absolute Gasteiger partial charge is 0.267 e. The van der Waals surface area contributed by atoms with E-state index >= 15 is 0 Å². The average molecular weight is 344 g/mol. The van der Waals surface area contributed by atoms with Gasteiger partial charge in [0, 0.05) is 11.4 Å². The zero-order chi connectivity index (χ0) is 15.6. The molecule has 0 unspecified atom stereocenters. The van der Waals surface area contributed by atoms with Crippen molar-refractivity contribution in [1.82, 2.24) is 0 Å². The lowest BCUT2D eigenvalue weighted by Crippen LogP contribution is -2.31. The number of halogens is 1. The van der Waals surface area contributed by atoms with E-state index in [1.807, 2.05) is 50.4 Å². The molecule has 0 saturated carbocycles. The van der Waals surface area contributed by atoms with Gasteiger partial charge < -0.3 is 0 Å². The molecular weight excluding hydrogens is 326 g/mol. The molecule has 0 bridgehead atoms. The zero-order valence-corrected chi connectivity index (χ0v) is 14.6. The van der Waals surface area contributed by atoms with Crippen LogP contribution in [0.15, 0.2) is 34.5 Å². The average Bonchev–Trinajstić information content (AvgIpc) is 2.83. The molecule has 0 fully saturated rings. The monoisotopic (exact) mass is 343 g/mol. The second-order valence-electron chi connectivity index (χ2n) is 4.81. The first-order chi connectivity index (χ1) is 9.91. The van der Waals surface area contributed by atoms with Crippen molar-refractivity contribution < 1.29 is 8.42 Å². The highest BCUT2D eigenvalue weighted by molar-refractivity contribution is 7.93. The summed E-state index contributed by atoms with van der Waals surface area (Å²) in [5.41, 5.74) is 2.52. The highest BCUT2D eigenvalue weighted by Crippen LogP contribution is 2.32. The van der Waals surface area contributed by atoms with Crippen molar-refractivity contribution in [3.8, 4) is 0 Å². The van der Waals surface area contributed by atoms with Crippen LogP contribution in [0.2, 0.25) is 0 Å². The van der Waals surface area contributed by atoms with Crippen LogP contribution in [0.1, 0.15) is 22.9 Å². The Balaban J connectivity index is 2.54. The Hall–Kier alpha value is -1.04. The van der Waals surface area contributed by atoms with Gasteiger partial charge in [0.15, 0.2) is 0 Å². The van der Waals surface area contributed by atoms with E-state index in [-0.39, 0.29) is 5.88 Å². The normalized spacial score (nSPS) is 11.6. The summed E-state index contributed by atoms with van der Waals surface area (Å²) in [4.78, 5) is 1.05. The summed E-state index contributed by atoms with van der Waals surface area (Å²) in [6.07, 6.45) is 0. The predicted octanol–water partition coefficient (Wildman–Crippen LogP) is 4.32. The van der Waals surface area contributed by atoms with Crippen molar-refractivity contribution in [2.75, 3.05) is 10.8 Å². The summed E-state index contributed by atoms with van der Waals surface area (Å²) in [6, 6.07) is 7.49. The van der Waals surface area contributed by atoms with Crippen molar-refractivity contribution in [2.45, 2.75) is 31.5 Å². The van der Waals surface area contributed by atoms with Crippen LogP contribution in [-0.4, -0.2) is 15.0 Å². The minimum Gasteiger partial charge on any atom is -0.267 e. The molecule has 0 spiro atoms. The number of alkyl halides is 1. The SMILES string of the molecule is CCN(c1ccc(C)cc1)S(=O)(=O)c1c(C)csc1CCl. The van der Waals surface area contributed by atoms with Crippen molar-refractivity contribution in [1.29, 1.82) is 0 Å². The lowest BCUT2D eigenvalue weighted by atomic mass is 10.2. The molecule has 1 aromatic carbocycles. The van der Waals surface area contributed by atoms with Crippen LogP contribution in [0.4, 0.5) is 5.69 Å². The van der Waals surface area contributed by atoms with Gasteiger partial charge >= 0.3 is 0 Å². The second kappa shape index (κ2) is 6.38. The maximum atomic E-state index is 13.0. The van der Waals surface area contributed by atoms with Crippen LogP contribution in [0.25, 0.3) is 0 Å². The Morgan fingerprint density at radius 3 is 2.33 bits per heavy atom. The fourth-order valence-electron chi connectivity index (χ4n) is 2.24. The van der Waals surface area contributed by atoms with Gasteiger partial charge in [-0.3, -0.25) is 4.31 Å². The third-order valence-corrected chi connectivity index (χ3v) is 7.06. The molecular formula is C15H18ClNO2S2. The maximum absolute atomic E-state index is 13.0. The van der Waals surface area contributed by atoms with Gasteiger partial charge in [-0.05, 0) is 43.8 Å². The number of benzene rings is 1. The van der Waals surface area contributed by atoms with Crippen molar-refractivity contribution in [2.24, 2.45) is 0 Å². The van der Waals surface area contributed by atoms with Crippen LogP contribution in [0.3, 0.4) is 0 Å². The van der Waals surface area contributed by atoms with Crippen molar-refractivity contribution in [3.63, 3.8) is 0 Å². The summed E-state index contributed by atoms with van der Waals surface area (Å²) in [7, 11) is -3.59.